The van der Waals surface area contributed by atoms with Crippen LogP contribution in [0.1, 0.15) is 26.3 Å². The van der Waals surface area contributed by atoms with Crippen molar-refractivity contribution in [3.8, 4) is 5.75 Å². The number of para-hydroxylation sites is 1. The van der Waals surface area contributed by atoms with E-state index in [2.05, 4.69) is 4.99 Å². The van der Waals surface area contributed by atoms with Gasteiger partial charge in [-0.3, -0.25) is 4.99 Å². The smallest absolute Gasteiger partial charge is 0.521 e. The average molecular weight is 309 g/mol. The summed E-state index contributed by atoms with van der Waals surface area (Å²) >= 11 is 0. The Morgan fingerprint density at radius 1 is 1.30 bits per heavy atom. The van der Waals surface area contributed by atoms with Crippen molar-refractivity contribution < 1.29 is 24.0 Å². The highest BCUT2D eigenvalue weighted by Crippen LogP contribution is 2.20. The average Bonchev–Trinajstić information content (AvgIpc) is 2.85. The molecular formula is C16H12BNO5. The van der Waals surface area contributed by atoms with E-state index in [-0.39, 0.29) is 5.56 Å². The van der Waals surface area contributed by atoms with Gasteiger partial charge in [-0.25, -0.2) is 9.59 Å². The van der Waals surface area contributed by atoms with Crippen molar-refractivity contribution in [1.82, 2.24) is 0 Å². The molecule has 6 nitrogen and oxygen atoms in total. The van der Waals surface area contributed by atoms with Crippen molar-refractivity contribution in [2.75, 3.05) is 7.05 Å². The second-order valence-corrected chi connectivity index (χ2v) is 4.89. The lowest BCUT2D eigenvalue weighted by atomic mass is 9.78. The van der Waals surface area contributed by atoms with E-state index in [1.54, 1.807) is 25.4 Å². The molecule has 0 aliphatic carbocycles. The van der Waals surface area contributed by atoms with Crippen LogP contribution in [0.25, 0.3) is 0 Å². The maximum atomic E-state index is 11.9. The summed E-state index contributed by atoms with van der Waals surface area (Å²) in [4.78, 5) is 26.9. The van der Waals surface area contributed by atoms with Crippen LogP contribution in [0.15, 0.2) is 47.5 Å². The predicted molar refractivity (Wildman–Crippen MR) is 84.8 cm³/mol. The van der Waals surface area contributed by atoms with Crippen LogP contribution < -0.4 is 10.1 Å². The molecule has 0 saturated heterocycles. The fourth-order valence-corrected chi connectivity index (χ4v) is 2.34. The van der Waals surface area contributed by atoms with Crippen molar-refractivity contribution in [3.63, 3.8) is 0 Å². The molecule has 114 valence electrons. The number of rotatable bonds is 4. The minimum atomic E-state index is -1.08. The normalized spacial score (nSPS) is 13.1. The van der Waals surface area contributed by atoms with Gasteiger partial charge in [0, 0.05) is 24.3 Å². The molecule has 0 bridgehead atoms. The molecule has 0 saturated carbocycles. The summed E-state index contributed by atoms with van der Waals surface area (Å²) in [5.74, 6) is -1.13. The molecule has 1 aliphatic rings. The van der Waals surface area contributed by atoms with E-state index in [0.717, 1.165) is 5.56 Å². The van der Waals surface area contributed by atoms with Gasteiger partial charge in [0.25, 0.3) is 0 Å². The Labute approximate surface area is 132 Å². The molecule has 1 aliphatic heterocycles. The lowest BCUT2D eigenvalue weighted by Gasteiger charge is -2.12. The van der Waals surface area contributed by atoms with Crippen LogP contribution in [0.5, 0.6) is 5.75 Å². The van der Waals surface area contributed by atoms with E-state index in [1.165, 1.54) is 18.2 Å². The number of hydrogen-bond donors (Lipinski definition) is 1. The molecule has 0 unspecified atom stereocenters. The third kappa shape index (κ3) is 2.81. The largest absolute Gasteiger partial charge is 0.635 e. The van der Waals surface area contributed by atoms with E-state index in [0.29, 0.717) is 16.8 Å². The summed E-state index contributed by atoms with van der Waals surface area (Å²) in [5.41, 5.74) is 1.51. The number of nitrogens with zero attached hydrogens (tertiary/aromatic N) is 1. The van der Waals surface area contributed by atoms with Crippen LogP contribution in [0.2, 0.25) is 0 Å². The highest BCUT2D eigenvalue weighted by Gasteiger charge is 2.40. The molecule has 7 heteroatoms. The van der Waals surface area contributed by atoms with Gasteiger partial charge in [0.15, 0.2) is 0 Å². The first-order valence-electron chi connectivity index (χ1n) is 6.86. The highest BCUT2D eigenvalue weighted by atomic mass is 16.6. The fourth-order valence-electron chi connectivity index (χ4n) is 2.34. The molecule has 0 fully saturated rings. The summed E-state index contributed by atoms with van der Waals surface area (Å²) in [6, 6.07) is 11.3. The minimum Gasteiger partial charge on any atom is -0.521 e. The van der Waals surface area contributed by atoms with E-state index in [9.17, 15) is 9.59 Å². The molecule has 0 amide bonds. The van der Waals surface area contributed by atoms with Crippen LogP contribution in [0.4, 0.5) is 0 Å². The van der Waals surface area contributed by atoms with Gasteiger partial charge < -0.3 is 14.4 Å². The minimum absolute atomic E-state index is 0.0686. The Bertz CT molecular complexity index is 818. The monoisotopic (exact) mass is 309 g/mol. The van der Waals surface area contributed by atoms with Gasteiger partial charge in [-0.1, -0.05) is 12.1 Å². The lowest BCUT2D eigenvalue weighted by Crippen LogP contribution is -2.36. The lowest BCUT2D eigenvalue weighted by molar-refractivity contribution is 0.0692. The number of fused-ring (bicyclic) bond motifs is 1. The molecule has 0 radical (unpaired) electrons. The predicted octanol–water partition coefficient (Wildman–Crippen LogP) is 1.38. The zero-order chi connectivity index (χ0) is 16.4. The molecular weight excluding hydrogens is 297 g/mol. The molecule has 3 rings (SSSR count). The first kappa shape index (κ1) is 14.8. The number of hydrogen-bond acceptors (Lipinski definition) is 5. The zero-order valence-corrected chi connectivity index (χ0v) is 12.2. The summed E-state index contributed by atoms with van der Waals surface area (Å²) in [7, 11) is 0.657. The summed E-state index contributed by atoms with van der Waals surface area (Å²) in [6.45, 7) is 0. The fraction of sp³-hybridized carbons (Fsp3) is 0.0625. The second-order valence-electron chi connectivity index (χ2n) is 4.89. The maximum absolute atomic E-state index is 11.9. The third-order valence-electron chi connectivity index (χ3n) is 3.41. The molecule has 0 aromatic heterocycles. The van der Waals surface area contributed by atoms with Gasteiger partial charge in [-0.05, 0) is 30.3 Å². The first-order valence-corrected chi connectivity index (χ1v) is 6.86. The van der Waals surface area contributed by atoms with Crippen molar-refractivity contribution in [3.05, 3.63) is 59.2 Å². The van der Waals surface area contributed by atoms with E-state index < -0.39 is 19.1 Å². The SMILES string of the molecule is CN=Cc1ccccc1OB1OC(=O)c2ccc(C(=O)O)cc21. The van der Waals surface area contributed by atoms with Gasteiger partial charge in [0.1, 0.15) is 5.75 Å². The number of benzene rings is 2. The first-order chi connectivity index (χ1) is 11.1. The molecule has 2 aromatic rings. The Balaban J connectivity index is 1.97. The molecule has 2 aromatic carbocycles. The van der Waals surface area contributed by atoms with Crippen molar-refractivity contribution >= 4 is 30.7 Å². The van der Waals surface area contributed by atoms with Crippen LogP contribution in [-0.2, 0) is 4.65 Å². The highest BCUT2D eigenvalue weighted by molar-refractivity contribution is 6.68. The van der Waals surface area contributed by atoms with Crippen molar-refractivity contribution in [2.24, 2.45) is 4.99 Å². The Hall–Kier alpha value is -3.09. The topological polar surface area (TPSA) is 85.2 Å². The van der Waals surface area contributed by atoms with Crippen LogP contribution in [0.3, 0.4) is 0 Å². The Kier molecular flexibility index (Phi) is 3.84. The van der Waals surface area contributed by atoms with Crippen LogP contribution in [0, 0.1) is 0 Å². The number of aromatic carboxylic acids is 1. The van der Waals surface area contributed by atoms with E-state index in [4.69, 9.17) is 14.4 Å². The summed E-state index contributed by atoms with van der Waals surface area (Å²) in [5, 5.41) is 9.09. The number of carbonyl (C=O) groups is 2. The standard InChI is InChI=1S/C16H12BNO5/c1-18-9-11-4-2-3-5-14(11)22-17-13-8-10(15(19)20)6-7-12(13)16(21)23-17/h2-9H,1H3,(H,19,20). The number of carbonyl (C=O) groups excluding carboxylic acids is 1. The number of carboxylic acids is 1. The number of aliphatic imine (C=N–C) groups is 1. The van der Waals surface area contributed by atoms with Crippen molar-refractivity contribution in [1.29, 1.82) is 0 Å². The number of carboxylic acid groups (broad SMARTS) is 1. The van der Waals surface area contributed by atoms with Gasteiger partial charge in [0.2, 0.25) is 0 Å². The van der Waals surface area contributed by atoms with Gasteiger partial charge in [-0.15, -0.1) is 0 Å². The maximum Gasteiger partial charge on any atom is 0.635 e. The van der Waals surface area contributed by atoms with Gasteiger partial charge >= 0.3 is 19.1 Å². The van der Waals surface area contributed by atoms with Gasteiger partial charge in [0.05, 0.1) is 11.1 Å². The Morgan fingerprint density at radius 3 is 2.83 bits per heavy atom. The summed E-state index contributed by atoms with van der Waals surface area (Å²) < 4.78 is 11.0. The van der Waals surface area contributed by atoms with E-state index >= 15 is 0 Å². The third-order valence-corrected chi connectivity index (χ3v) is 3.41. The van der Waals surface area contributed by atoms with Gasteiger partial charge in [-0.2, -0.15) is 0 Å². The summed E-state index contributed by atoms with van der Waals surface area (Å²) in [6.07, 6.45) is 1.63. The molecule has 0 atom stereocenters. The van der Waals surface area contributed by atoms with E-state index in [1.807, 2.05) is 12.1 Å². The van der Waals surface area contributed by atoms with Crippen molar-refractivity contribution in [2.45, 2.75) is 0 Å². The molecule has 23 heavy (non-hydrogen) atoms. The van der Waals surface area contributed by atoms with Crippen LogP contribution >= 0.6 is 0 Å². The Morgan fingerprint density at radius 2 is 2.09 bits per heavy atom. The second kappa shape index (κ2) is 5.96. The quantitative estimate of drug-likeness (QED) is 0.681. The molecule has 1 N–H and O–H groups in total. The molecule has 0 spiro atoms. The zero-order valence-electron chi connectivity index (χ0n) is 12.2. The van der Waals surface area contributed by atoms with Crippen LogP contribution in [-0.4, -0.2) is 37.4 Å². The molecule has 1 heterocycles.